The number of halogens is 2. The highest BCUT2D eigenvalue weighted by Crippen LogP contribution is 2.28. The summed E-state index contributed by atoms with van der Waals surface area (Å²) >= 11 is 12.7. The number of anilines is 1. The highest BCUT2D eigenvalue weighted by atomic mass is 35.5. The van der Waals surface area contributed by atoms with Crippen molar-refractivity contribution in [1.82, 2.24) is 10.2 Å². The van der Waals surface area contributed by atoms with Crippen LogP contribution in [-0.4, -0.2) is 50.5 Å². The third-order valence-electron chi connectivity index (χ3n) is 5.55. The van der Waals surface area contributed by atoms with Crippen LogP contribution < -0.4 is 9.62 Å². The van der Waals surface area contributed by atoms with Gasteiger partial charge in [0.1, 0.15) is 12.6 Å². The van der Waals surface area contributed by atoms with E-state index in [0.29, 0.717) is 33.4 Å². The van der Waals surface area contributed by atoms with Crippen LogP contribution in [-0.2, 0) is 26.2 Å². The van der Waals surface area contributed by atoms with Crippen molar-refractivity contribution in [1.29, 1.82) is 0 Å². The number of amides is 2. The number of hydrogen-bond donors (Lipinski definition) is 1. The Morgan fingerprint density at radius 2 is 1.63 bits per heavy atom. The summed E-state index contributed by atoms with van der Waals surface area (Å²) in [6, 6.07) is 9.48. The normalized spacial score (nSPS) is 12.4. The zero-order valence-corrected chi connectivity index (χ0v) is 23.3. The third kappa shape index (κ3) is 7.85. The summed E-state index contributed by atoms with van der Waals surface area (Å²) in [5.74, 6) is -0.689. The van der Waals surface area contributed by atoms with Crippen LogP contribution >= 0.6 is 23.2 Å². The minimum Gasteiger partial charge on any atom is -0.354 e. The molecule has 0 heterocycles. The maximum absolute atomic E-state index is 13.6. The molecule has 0 aliphatic rings. The van der Waals surface area contributed by atoms with Gasteiger partial charge in [0.05, 0.1) is 11.9 Å². The van der Waals surface area contributed by atoms with Crippen LogP contribution in [0.3, 0.4) is 0 Å². The number of rotatable bonds is 10. The summed E-state index contributed by atoms with van der Waals surface area (Å²) in [5, 5.41) is 3.53. The van der Waals surface area contributed by atoms with E-state index in [1.165, 1.54) is 4.90 Å². The van der Waals surface area contributed by atoms with Crippen molar-refractivity contribution in [3.63, 3.8) is 0 Å². The number of hydrogen-bond acceptors (Lipinski definition) is 4. The lowest BCUT2D eigenvalue weighted by Crippen LogP contribution is -2.51. The van der Waals surface area contributed by atoms with Crippen molar-refractivity contribution in [2.24, 2.45) is 5.92 Å². The smallest absolute Gasteiger partial charge is 0.244 e. The van der Waals surface area contributed by atoms with Crippen LogP contribution in [0.5, 0.6) is 0 Å². The monoisotopic (exact) mass is 541 g/mol. The van der Waals surface area contributed by atoms with Gasteiger partial charge >= 0.3 is 0 Å². The van der Waals surface area contributed by atoms with Gasteiger partial charge in [-0.3, -0.25) is 13.9 Å². The van der Waals surface area contributed by atoms with Gasteiger partial charge in [-0.1, -0.05) is 55.2 Å². The topological polar surface area (TPSA) is 86.8 Å². The minimum atomic E-state index is -3.81. The van der Waals surface area contributed by atoms with Crippen molar-refractivity contribution in [2.45, 2.75) is 47.2 Å². The Bertz CT molecular complexity index is 1160. The van der Waals surface area contributed by atoms with E-state index in [2.05, 4.69) is 5.32 Å². The van der Waals surface area contributed by atoms with Crippen LogP contribution in [0.1, 0.15) is 37.5 Å². The summed E-state index contributed by atoms with van der Waals surface area (Å²) in [5.41, 5.74) is 2.45. The van der Waals surface area contributed by atoms with Gasteiger partial charge in [-0.05, 0) is 56.0 Å². The second kappa shape index (κ2) is 12.1. The van der Waals surface area contributed by atoms with Crippen LogP contribution in [0.25, 0.3) is 0 Å². The molecule has 1 unspecified atom stereocenters. The first-order chi connectivity index (χ1) is 16.2. The summed E-state index contributed by atoms with van der Waals surface area (Å²) in [7, 11) is -3.81. The number of aryl methyl sites for hydroxylation is 2. The van der Waals surface area contributed by atoms with E-state index in [9.17, 15) is 18.0 Å². The molecule has 2 rings (SSSR count). The molecule has 192 valence electrons. The van der Waals surface area contributed by atoms with Gasteiger partial charge in [0, 0.05) is 28.7 Å². The van der Waals surface area contributed by atoms with Crippen molar-refractivity contribution in [3.8, 4) is 0 Å². The van der Waals surface area contributed by atoms with Crippen LogP contribution in [0.2, 0.25) is 10.0 Å². The fourth-order valence-corrected chi connectivity index (χ4v) is 4.89. The van der Waals surface area contributed by atoms with Gasteiger partial charge in [0.2, 0.25) is 21.8 Å². The van der Waals surface area contributed by atoms with E-state index in [0.717, 1.165) is 16.1 Å². The largest absolute Gasteiger partial charge is 0.354 e. The quantitative estimate of drug-likeness (QED) is 0.477. The molecule has 2 aromatic carbocycles. The predicted octanol–water partition coefficient (Wildman–Crippen LogP) is 4.57. The average molecular weight is 543 g/mol. The molecular formula is C25H33Cl2N3O4S. The number of carbonyl (C=O) groups excluding carboxylic acids is 2. The van der Waals surface area contributed by atoms with E-state index >= 15 is 0 Å². The van der Waals surface area contributed by atoms with E-state index < -0.39 is 28.5 Å². The molecular weight excluding hydrogens is 509 g/mol. The zero-order chi connectivity index (χ0) is 26.5. The molecule has 0 aromatic heterocycles. The number of nitrogens with zero attached hydrogens (tertiary/aromatic N) is 2. The first-order valence-corrected chi connectivity index (χ1v) is 13.9. The summed E-state index contributed by atoms with van der Waals surface area (Å²) < 4.78 is 26.5. The number of sulfonamides is 1. The van der Waals surface area contributed by atoms with E-state index in [4.69, 9.17) is 23.2 Å². The SMILES string of the molecule is Cc1ccc(C)c(N(CC(=O)N(Cc2c(Cl)cccc2Cl)C(C)C(=O)NCC(C)C)S(C)(=O)=O)c1. The molecule has 1 atom stereocenters. The Balaban J connectivity index is 2.47. The Kier molecular flexibility index (Phi) is 10.0. The maximum Gasteiger partial charge on any atom is 0.244 e. The van der Waals surface area contributed by atoms with E-state index in [1.54, 1.807) is 44.2 Å². The molecule has 0 fully saturated rings. The van der Waals surface area contributed by atoms with Crippen molar-refractivity contribution < 1.29 is 18.0 Å². The fourth-order valence-electron chi connectivity index (χ4n) is 3.47. The van der Waals surface area contributed by atoms with Gasteiger partial charge in [-0.2, -0.15) is 0 Å². The average Bonchev–Trinajstić information content (AvgIpc) is 2.76. The second-order valence-corrected chi connectivity index (χ2v) is 11.8. The Morgan fingerprint density at radius 1 is 1.03 bits per heavy atom. The molecule has 0 saturated carbocycles. The molecule has 7 nitrogen and oxygen atoms in total. The summed E-state index contributed by atoms with van der Waals surface area (Å²) in [4.78, 5) is 27.8. The second-order valence-electron chi connectivity index (χ2n) is 9.10. The van der Waals surface area contributed by atoms with E-state index in [-0.39, 0.29) is 18.4 Å². The lowest BCUT2D eigenvalue weighted by molar-refractivity contribution is -0.139. The molecule has 0 aliphatic carbocycles. The molecule has 1 N–H and O–H groups in total. The van der Waals surface area contributed by atoms with Gasteiger partial charge in [-0.25, -0.2) is 8.42 Å². The Morgan fingerprint density at radius 3 is 2.17 bits per heavy atom. The van der Waals surface area contributed by atoms with Gasteiger partial charge < -0.3 is 10.2 Å². The number of nitrogens with one attached hydrogen (secondary N) is 1. The minimum absolute atomic E-state index is 0.0575. The lowest BCUT2D eigenvalue weighted by Gasteiger charge is -2.32. The first-order valence-electron chi connectivity index (χ1n) is 11.3. The highest BCUT2D eigenvalue weighted by molar-refractivity contribution is 7.92. The lowest BCUT2D eigenvalue weighted by atomic mass is 10.1. The predicted molar refractivity (Wildman–Crippen MR) is 142 cm³/mol. The Hall–Kier alpha value is -2.29. The van der Waals surface area contributed by atoms with Gasteiger partial charge in [-0.15, -0.1) is 0 Å². The van der Waals surface area contributed by atoms with Crippen LogP contribution in [0, 0.1) is 19.8 Å². The molecule has 2 aromatic rings. The third-order valence-corrected chi connectivity index (χ3v) is 7.39. The van der Waals surface area contributed by atoms with Crippen LogP contribution in [0.15, 0.2) is 36.4 Å². The summed E-state index contributed by atoms with van der Waals surface area (Å²) in [6.45, 7) is 9.05. The molecule has 0 aliphatic heterocycles. The van der Waals surface area contributed by atoms with Crippen molar-refractivity contribution in [2.75, 3.05) is 23.7 Å². The standard InChI is InChI=1S/C25H33Cl2N3O4S/c1-16(2)13-28-25(32)19(5)29(14-20-21(26)8-7-9-22(20)27)24(31)15-30(35(6,33)34)23-12-17(3)10-11-18(23)4/h7-12,16,19H,13-15H2,1-6H3,(H,28,32). The molecule has 0 radical (unpaired) electrons. The van der Waals surface area contributed by atoms with Crippen molar-refractivity contribution >= 4 is 50.7 Å². The first kappa shape index (κ1) is 28.9. The van der Waals surface area contributed by atoms with Gasteiger partial charge in [0.25, 0.3) is 0 Å². The number of benzene rings is 2. The molecule has 35 heavy (non-hydrogen) atoms. The van der Waals surface area contributed by atoms with Crippen LogP contribution in [0.4, 0.5) is 5.69 Å². The molecule has 2 amide bonds. The zero-order valence-electron chi connectivity index (χ0n) is 20.9. The number of carbonyl (C=O) groups is 2. The molecule has 10 heteroatoms. The van der Waals surface area contributed by atoms with E-state index in [1.807, 2.05) is 26.8 Å². The summed E-state index contributed by atoms with van der Waals surface area (Å²) in [6.07, 6.45) is 1.05. The molecule has 0 spiro atoms. The molecule has 0 bridgehead atoms. The van der Waals surface area contributed by atoms with Crippen molar-refractivity contribution in [3.05, 3.63) is 63.1 Å². The maximum atomic E-state index is 13.6. The Labute approximate surface area is 218 Å². The molecule has 0 saturated heterocycles. The van der Waals surface area contributed by atoms with Gasteiger partial charge in [0.15, 0.2) is 0 Å². The highest BCUT2D eigenvalue weighted by Gasteiger charge is 2.31. The fraction of sp³-hybridized carbons (Fsp3) is 0.440.